The molecule has 0 aromatic heterocycles. The van der Waals surface area contributed by atoms with Crippen LogP contribution in [0.25, 0.3) is 0 Å². The monoisotopic (exact) mass is 345 g/mol. The summed E-state index contributed by atoms with van der Waals surface area (Å²) in [5.41, 5.74) is 1.15. The van der Waals surface area contributed by atoms with Crippen LogP contribution in [-0.4, -0.2) is 78.4 Å². The number of rotatable bonds is 3. The molecule has 2 fully saturated rings. The Hall–Kier alpha value is -1.92. The van der Waals surface area contributed by atoms with Crippen molar-refractivity contribution >= 4 is 11.8 Å². The van der Waals surface area contributed by atoms with Gasteiger partial charge in [0, 0.05) is 45.7 Å². The molecular weight excluding hydrogens is 318 g/mol. The van der Waals surface area contributed by atoms with Crippen LogP contribution in [0.2, 0.25) is 0 Å². The topological polar surface area (TPSA) is 53.1 Å². The first-order valence-corrected chi connectivity index (χ1v) is 8.98. The molecule has 2 aliphatic rings. The first-order chi connectivity index (χ1) is 12.0. The van der Waals surface area contributed by atoms with Gasteiger partial charge in [0.1, 0.15) is 0 Å². The zero-order valence-electron chi connectivity index (χ0n) is 15.1. The van der Waals surface area contributed by atoms with Gasteiger partial charge in [-0.25, -0.2) is 0 Å². The lowest BCUT2D eigenvalue weighted by atomic mass is 10.1. The molecule has 0 unspecified atom stereocenters. The van der Waals surface area contributed by atoms with Crippen molar-refractivity contribution in [3.8, 4) is 0 Å². The third kappa shape index (κ3) is 4.38. The highest BCUT2D eigenvalue weighted by molar-refractivity contribution is 5.79. The molecule has 2 atom stereocenters. The predicted octanol–water partition coefficient (Wildman–Crippen LogP) is 1.14. The Morgan fingerprint density at radius 2 is 1.72 bits per heavy atom. The van der Waals surface area contributed by atoms with Gasteiger partial charge >= 0.3 is 0 Å². The van der Waals surface area contributed by atoms with E-state index in [9.17, 15) is 9.59 Å². The minimum absolute atomic E-state index is 0.0137. The molecule has 6 heteroatoms. The molecule has 0 bridgehead atoms. The molecule has 0 spiro atoms. The molecule has 25 heavy (non-hydrogen) atoms. The van der Waals surface area contributed by atoms with E-state index in [-0.39, 0.29) is 24.0 Å². The Labute approximate surface area is 149 Å². The fourth-order valence-electron chi connectivity index (χ4n) is 3.44. The van der Waals surface area contributed by atoms with Gasteiger partial charge in [0.25, 0.3) is 0 Å². The number of carbonyl (C=O) groups excluding carboxylic acids is 2. The molecule has 0 N–H and O–H groups in total. The fourth-order valence-corrected chi connectivity index (χ4v) is 3.44. The number of ether oxygens (including phenoxy) is 1. The molecule has 136 valence electrons. The Morgan fingerprint density at radius 1 is 1.08 bits per heavy atom. The summed E-state index contributed by atoms with van der Waals surface area (Å²) in [6.07, 6.45) is 0.0137. The molecular formula is C19H27N3O3. The van der Waals surface area contributed by atoms with E-state index in [0.29, 0.717) is 39.3 Å². The lowest BCUT2D eigenvalue weighted by Gasteiger charge is -2.40. The molecule has 6 nitrogen and oxygen atoms in total. The molecule has 2 aliphatic heterocycles. The first kappa shape index (κ1) is 17.9. The lowest BCUT2D eigenvalue weighted by molar-refractivity contribution is -0.141. The molecule has 2 heterocycles. The highest BCUT2D eigenvalue weighted by Crippen LogP contribution is 2.24. The predicted molar refractivity (Wildman–Crippen MR) is 95.0 cm³/mol. The van der Waals surface area contributed by atoms with Gasteiger partial charge in [0.05, 0.1) is 19.3 Å². The zero-order chi connectivity index (χ0) is 17.8. The molecule has 2 saturated heterocycles. The van der Waals surface area contributed by atoms with Gasteiger partial charge in [-0.2, -0.15) is 0 Å². The summed E-state index contributed by atoms with van der Waals surface area (Å²) in [5.74, 6) is 0.225. The maximum Gasteiger partial charge on any atom is 0.236 e. The van der Waals surface area contributed by atoms with E-state index < -0.39 is 0 Å². The van der Waals surface area contributed by atoms with Crippen LogP contribution < -0.4 is 0 Å². The zero-order valence-corrected chi connectivity index (χ0v) is 15.1. The minimum atomic E-state index is 0.0137. The van der Waals surface area contributed by atoms with Crippen LogP contribution in [0, 0.1) is 0 Å². The molecule has 1 aromatic rings. The number of amides is 2. The second-order valence-corrected chi connectivity index (χ2v) is 6.90. The van der Waals surface area contributed by atoms with Crippen molar-refractivity contribution in [2.75, 3.05) is 45.9 Å². The molecule has 0 saturated carbocycles. The van der Waals surface area contributed by atoms with Crippen molar-refractivity contribution in [3.63, 3.8) is 0 Å². The standard InChI is InChI=1S/C19H27N3O3/c1-15-14-25-18(17-6-4-3-5-7-17)12-22(15)13-19(24)21-10-8-20(9-11-21)16(2)23/h3-7,15,18H,8-14H2,1-2H3/t15-,18+/m0/s1. The van der Waals surface area contributed by atoms with Crippen molar-refractivity contribution in [2.24, 2.45) is 0 Å². The van der Waals surface area contributed by atoms with Gasteiger partial charge in [-0.1, -0.05) is 30.3 Å². The number of hydrogen-bond donors (Lipinski definition) is 0. The van der Waals surface area contributed by atoms with Crippen LogP contribution in [0.15, 0.2) is 30.3 Å². The average Bonchev–Trinajstić information content (AvgIpc) is 2.64. The molecule has 0 radical (unpaired) electrons. The molecule has 3 rings (SSSR count). The van der Waals surface area contributed by atoms with E-state index in [0.717, 1.165) is 12.1 Å². The van der Waals surface area contributed by atoms with Crippen molar-refractivity contribution in [3.05, 3.63) is 35.9 Å². The maximum atomic E-state index is 12.7. The minimum Gasteiger partial charge on any atom is -0.371 e. The van der Waals surface area contributed by atoms with E-state index in [2.05, 4.69) is 24.0 Å². The van der Waals surface area contributed by atoms with Crippen LogP contribution in [-0.2, 0) is 14.3 Å². The van der Waals surface area contributed by atoms with E-state index in [4.69, 9.17) is 4.74 Å². The van der Waals surface area contributed by atoms with Crippen LogP contribution in [0.5, 0.6) is 0 Å². The van der Waals surface area contributed by atoms with Crippen molar-refractivity contribution in [1.29, 1.82) is 0 Å². The third-order valence-electron chi connectivity index (χ3n) is 5.15. The van der Waals surface area contributed by atoms with Crippen molar-refractivity contribution in [2.45, 2.75) is 26.0 Å². The smallest absolute Gasteiger partial charge is 0.236 e. The maximum absolute atomic E-state index is 12.7. The summed E-state index contributed by atoms with van der Waals surface area (Å²) in [5, 5.41) is 0. The van der Waals surface area contributed by atoms with E-state index in [1.807, 2.05) is 23.1 Å². The van der Waals surface area contributed by atoms with E-state index in [1.54, 1.807) is 11.8 Å². The Morgan fingerprint density at radius 3 is 2.36 bits per heavy atom. The highest BCUT2D eigenvalue weighted by Gasteiger charge is 2.30. The number of morpholine rings is 1. The number of nitrogens with zero attached hydrogens (tertiary/aromatic N) is 3. The normalized spacial score (nSPS) is 25.0. The fraction of sp³-hybridized carbons (Fsp3) is 0.579. The van der Waals surface area contributed by atoms with Gasteiger partial charge in [-0.15, -0.1) is 0 Å². The molecule has 2 amide bonds. The quantitative estimate of drug-likeness (QED) is 0.824. The van der Waals surface area contributed by atoms with Gasteiger partial charge in [0.15, 0.2) is 0 Å². The summed E-state index contributed by atoms with van der Waals surface area (Å²) >= 11 is 0. The third-order valence-corrected chi connectivity index (χ3v) is 5.15. The second-order valence-electron chi connectivity index (χ2n) is 6.90. The number of benzene rings is 1. The van der Waals surface area contributed by atoms with E-state index >= 15 is 0 Å². The van der Waals surface area contributed by atoms with Crippen LogP contribution in [0.4, 0.5) is 0 Å². The van der Waals surface area contributed by atoms with Gasteiger partial charge < -0.3 is 14.5 Å². The number of carbonyl (C=O) groups is 2. The first-order valence-electron chi connectivity index (χ1n) is 8.98. The largest absolute Gasteiger partial charge is 0.371 e. The van der Waals surface area contributed by atoms with E-state index in [1.165, 1.54) is 0 Å². The highest BCUT2D eigenvalue weighted by atomic mass is 16.5. The molecule has 0 aliphatic carbocycles. The summed E-state index contributed by atoms with van der Waals surface area (Å²) in [6, 6.07) is 10.4. The summed E-state index contributed by atoms with van der Waals surface area (Å²) < 4.78 is 5.96. The van der Waals surface area contributed by atoms with Gasteiger partial charge in [-0.3, -0.25) is 14.5 Å². The average molecular weight is 345 g/mol. The van der Waals surface area contributed by atoms with Gasteiger partial charge in [-0.05, 0) is 12.5 Å². The van der Waals surface area contributed by atoms with Crippen molar-refractivity contribution in [1.82, 2.24) is 14.7 Å². The number of piperazine rings is 1. The van der Waals surface area contributed by atoms with Crippen LogP contribution in [0.1, 0.15) is 25.5 Å². The van der Waals surface area contributed by atoms with Crippen molar-refractivity contribution < 1.29 is 14.3 Å². The Kier molecular flexibility index (Phi) is 5.71. The van der Waals surface area contributed by atoms with Crippen LogP contribution >= 0.6 is 0 Å². The summed E-state index contributed by atoms with van der Waals surface area (Å²) in [7, 11) is 0. The Balaban J connectivity index is 1.56. The molecule has 1 aromatic carbocycles. The Bertz CT molecular complexity index is 599. The summed E-state index contributed by atoms with van der Waals surface area (Å²) in [4.78, 5) is 30.0. The second kappa shape index (κ2) is 7.97. The summed E-state index contributed by atoms with van der Waals surface area (Å²) in [6.45, 7) is 7.96. The van der Waals surface area contributed by atoms with Crippen LogP contribution in [0.3, 0.4) is 0 Å². The number of hydrogen-bond acceptors (Lipinski definition) is 4. The lowest BCUT2D eigenvalue weighted by Crippen LogP contribution is -2.54. The van der Waals surface area contributed by atoms with Gasteiger partial charge in [0.2, 0.25) is 11.8 Å². The SMILES string of the molecule is CC(=O)N1CCN(C(=O)CN2C[C@H](c3ccccc3)OC[C@@H]2C)CC1.